The molecule has 3 amide bonds. The molecule has 1 fully saturated rings. The van der Waals surface area contributed by atoms with E-state index >= 15 is 0 Å². The molecule has 0 unspecified atom stereocenters. The lowest BCUT2D eigenvalue weighted by molar-refractivity contribution is -0.123. The van der Waals surface area contributed by atoms with Gasteiger partial charge in [-0.3, -0.25) is 19.3 Å². The second-order valence-electron chi connectivity index (χ2n) is 6.61. The van der Waals surface area contributed by atoms with Crippen LogP contribution in [0.15, 0.2) is 59.5 Å². The number of ether oxygens (including phenoxy) is 1. The minimum absolute atomic E-state index is 0.115. The Kier molecular flexibility index (Phi) is 7.08. The van der Waals surface area contributed by atoms with Crippen LogP contribution >= 0.6 is 11.8 Å². The predicted molar refractivity (Wildman–Crippen MR) is 119 cm³/mol. The third-order valence-electron chi connectivity index (χ3n) is 4.41. The third kappa shape index (κ3) is 5.39. The van der Waals surface area contributed by atoms with Crippen molar-refractivity contribution in [2.75, 3.05) is 20.2 Å². The van der Waals surface area contributed by atoms with Gasteiger partial charge in [0.05, 0.1) is 12.0 Å². The summed E-state index contributed by atoms with van der Waals surface area (Å²) in [5.41, 5.74) is 2.71. The van der Waals surface area contributed by atoms with Crippen molar-refractivity contribution in [3.63, 3.8) is 0 Å². The average molecular weight is 423 g/mol. The van der Waals surface area contributed by atoms with Gasteiger partial charge in [-0.15, -0.1) is 0 Å². The summed E-state index contributed by atoms with van der Waals surface area (Å²) in [5.74, 6) is 0.0150. The predicted octanol–water partition coefficient (Wildman–Crippen LogP) is 3.87. The molecule has 0 atom stereocenters. The van der Waals surface area contributed by atoms with Crippen LogP contribution in [0.4, 0.5) is 4.79 Å². The highest BCUT2D eigenvalue weighted by atomic mass is 32.2. The fourth-order valence-corrected chi connectivity index (χ4v) is 3.76. The number of benzene rings is 2. The number of hydrogen-bond donors (Lipinski definition) is 1. The van der Waals surface area contributed by atoms with Crippen molar-refractivity contribution < 1.29 is 19.1 Å². The van der Waals surface area contributed by atoms with Crippen LogP contribution in [0.2, 0.25) is 0 Å². The number of nitrogens with zero attached hydrogens (tertiary/aromatic N) is 1. The molecule has 0 bridgehead atoms. The first kappa shape index (κ1) is 21.4. The number of nitrogens with one attached hydrogen (secondary N) is 1. The second-order valence-corrected chi connectivity index (χ2v) is 7.61. The topological polar surface area (TPSA) is 75.7 Å². The summed E-state index contributed by atoms with van der Waals surface area (Å²) in [6.07, 6.45) is 4.77. The Morgan fingerprint density at radius 1 is 1.17 bits per heavy atom. The number of thioether (sulfide) groups is 1. The molecule has 1 saturated heterocycles. The molecule has 0 aromatic heterocycles. The SMILES string of the molecule is COc1ccc(C)cc1/C=C/C(=O)NCCN1C(=O)S/C(=C\c2ccccc2)C1=O. The summed E-state index contributed by atoms with van der Waals surface area (Å²) in [4.78, 5) is 38.3. The van der Waals surface area contributed by atoms with Gasteiger partial charge < -0.3 is 10.1 Å². The molecular formula is C23H22N2O4S. The molecule has 0 radical (unpaired) electrons. The summed E-state index contributed by atoms with van der Waals surface area (Å²) in [6, 6.07) is 15.0. The van der Waals surface area contributed by atoms with Crippen molar-refractivity contribution in [2.24, 2.45) is 0 Å². The maximum atomic E-state index is 12.5. The maximum absolute atomic E-state index is 12.5. The number of carbonyl (C=O) groups excluding carboxylic acids is 3. The lowest BCUT2D eigenvalue weighted by atomic mass is 10.1. The van der Waals surface area contributed by atoms with Gasteiger partial charge >= 0.3 is 0 Å². The van der Waals surface area contributed by atoms with Gasteiger partial charge in [-0.25, -0.2) is 0 Å². The van der Waals surface area contributed by atoms with Crippen molar-refractivity contribution in [2.45, 2.75) is 6.92 Å². The smallest absolute Gasteiger partial charge is 0.293 e. The lowest BCUT2D eigenvalue weighted by Gasteiger charge is -2.12. The van der Waals surface area contributed by atoms with E-state index in [1.165, 1.54) is 6.08 Å². The average Bonchev–Trinajstić information content (AvgIpc) is 3.00. The molecule has 1 aliphatic rings. The molecule has 7 heteroatoms. The summed E-state index contributed by atoms with van der Waals surface area (Å²) in [5, 5.41) is 2.36. The number of imide groups is 1. The Balaban J connectivity index is 1.54. The first-order valence-corrected chi connectivity index (χ1v) is 10.2. The van der Waals surface area contributed by atoms with E-state index in [4.69, 9.17) is 4.74 Å². The normalized spacial score (nSPS) is 15.3. The van der Waals surface area contributed by atoms with Gasteiger partial charge in [0.15, 0.2) is 0 Å². The molecule has 0 aliphatic carbocycles. The second kappa shape index (κ2) is 9.93. The number of carbonyl (C=O) groups is 3. The first-order valence-electron chi connectivity index (χ1n) is 9.39. The van der Waals surface area contributed by atoms with E-state index in [1.807, 2.05) is 55.5 Å². The molecule has 0 spiro atoms. The Bertz CT molecular complexity index is 1020. The fraction of sp³-hybridized carbons (Fsp3) is 0.174. The summed E-state index contributed by atoms with van der Waals surface area (Å²) >= 11 is 0.906. The summed E-state index contributed by atoms with van der Waals surface area (Å²) < 4.78 is 5.29. The van der Waals surface area contributed by atoms with Crippen LogP contribution < -0.4 is 10.1 Å². The van der Waals surface area contributed by atoms with Crippen molar-refractivity contribution >= 4 is 41.0 Å². The van der Waals surface area contributed by atoms with Gasteiger partial charge in [0, 0.05) is 24.7 Å². The molecule has 1 aliphatic heterocycles. The van der Waals surface area contributed by atoms with Gasteiger partial charge in [0.25, 0.3) is 11.1 Å². The van der Waals surface area contributed by atoms with E-state index in [1.54, 1.807) is 19.3 Å². The highest BCUT2D eigenvalue weighted by Crippen LogP contribution is 2.31. The lowest BCUT2D eigenvalue weighted by Crippen LogP contribution is -2.36. The number of rotatable bonds is 7. The molecule has 1 heterocycles. The Morgan fingerprint density at radius 2 is 1.93 bits per heavy atom. The van der Waals surface area contributed by atoms with Crippen LogP contribution in [-0.4, -0.2) is 42.2 Å². The first-order chi connectivity index (χ1) is 14.5. The number of methoxy groups -OCH3 is 1. The van der Waals surface area contributed by atoms with Crippen LogP contribution in [0.1, 0.15) is 16.7 Å². The highest BCUT2D eigenvalue weighted by molar-refractivity contribution is 8.18. The zero-order valence-corrected chi connectivity index (χ0v) is 17.6. The number of hydrogen-bond acceptors (Lipinski definition) is 5. The van der Waals surface area contributed by atoms with Gasteiger partial charge in [-0.2, -0.15) is 0 Å². The van der Waals surface area contributed by atoms with Crippen molar-refractivity contribution in [1.82, 2.24) is 10.2 Å². The Morgan fingerprint density at radius 3 is 2.67 bits per heavy atom. The van der Waals surface area contributed by atoms with Crippen LogP contribution in [0.5, 0.6) is 5.75 Å². The molecule has 0 saturated carbocycles. The van der Waals surface area contributed by atoms with E-state index in [2.05, 4.69) is 5.32 Å². The number of amides is 3. The van der Waals surface area contributed by atoms with E-state index in [0.717, 1.165) is 33.4 Å². The largest absolute Gasteiger partial charge is 0.496 e. The van der Waals surface area contributed by atoms with E-state index in [9.17, 15) is 14.4 Å². The quantitative estimate of drug-likeness (QED) is 0.686. The van der Waals surface area contributed by atoms with Gasteiger partial charge in [0.2, 0.25) is 5.91 Å². The molecule has 1 N–H and O–H groups in total. The maximum Gasteiger partial charge on any atom is 0.293 e. The van der Waals surface area contributed by atoms with E-state index in [0.29, 0.717) is 10.7 Å². The monoisotopic (exact) mass is 422 g/mol. The molecule has 2 aromatic carbocycles. The minimum Gasteiger partial charge on any atom is -0.496 e. The minimum atomic E-state index is -0.344. The summed E-state index contributed by atoms with van der Waals surface area (Å²) in [7, 11) is 1.57. The molecule has 3 rings (SSSR count). The molecule has 6 nitrogen and oxygen atoms in total. The van der Waals surface area contributed by atoms with Crippen LogP contribution in [0.3, 0.4) is 0 Å². The van der Waals surface area contributed by atoms with Gasteiger partial charge in [-0.05, 0) is 48.5 Å². The number of aryl methyl sites for hydroxylation is 1. The summed E-state index contributed by atoms with van der Waals surface area (Å²) in [6.45, 7) is 2.24. The van der Waals surface area contributed by atoms with Crippen LogP contribution in [-0.2, 0) is 9.59 Å². The Labute approximate surface area is 179 Å². The van der Waals surface area contributed by atoms with E-state index < -0.39 is 0 Å². The fourth-order valence-electron chi connectivity index (χ4n) is 2.89. The van der Waals surface area contributed by atoms with Crippen LogP contribution in [0, 0.1) is 6.92 Å². The van der Waals surface area contributed by atoms with Gasteiger partial charge in [-0.1, -0.05) is 42.0 Å². The zero-order valence-electron chi connectivity index (χ0n) is 16.8. The molecular weight excluding hydrogens is 400 g/mol. The van der Waals surface area contributed by atoms with E-state index in [-0.39, 0.29) is 30.1 Å². The molecule has 154 valence electrons. The zero-order chi connectivity index (χ0) is 21.5. The van der Waals surface area contributed by atoms with Crippen molar-refractivity contribution in [3.05, 3.63) is 76.2 Å². The van der Waals surface area contributed by atoms with Crippen molar-refractivity contribution in [1.29, 1.82) is 0 Å². The van der Waals surface area contributed by atoms with Crippen molar-refractivity contribution in [3.8, 4) is 5.75 Å². The third-order valence-corrected chi connectivity index (χ3v) is 5.31. The van der Waals surface area contributed by atoms with Crippen LogP contribution in [0.25, 0.3) is 12.2 Å². The molecule has 30 heavy (non-hydrogen) atoms. The Hall–Kier alpha value is -3.32. The standard InChI is InChI=1S/C23H22N2O4S/c1-16-8-10-19(29-2)18(14-16)9-11-21(26)24-12-13-25-22(27)20(30-23(25)28)15-17-6-4-3-5-7-17/h3-11,14-15H,12-13H2,1-2H3,(H,24,26)/b11-9+,20-15-. The van der Waals surface area contributed by atoms with Gasteiger partial charge in [0.1, 0.15) is 5.75 Å². The highest BCUT2D eigenvalue weighted by Gasteiger charge is 2.34. The molecule has 2 aromatic rings.